The number of likely N-dealkylation sites (N-methyl/N-ethyl adjacent to an activating group) is 1. The molecular weight excluding hydrogens is 528 g/mol. The van der Waals surface area contributed by atoms with Gasteiger partial charge in [0.15, 0.2) is 34.5 Å². The smallest absolute Gasteiger partial charge is 0.276 e. The summed E-state index contributed by atoms with van der Waals surface area (Å²) in [6.07, 6.45) is 1.21. The maximum absolute atomic E-state index is 12.1. The third-order valence-corrected chi connectivity index (χ3v) is 6.83. The second-order valence-corrected chi connectivity index (χ2v) is 8.86. The first-order valence-corrected chi connectivity index (χ1v) is 12.0. The molecule has 1 aliphatic heterocycles. The van der Waals surface area contributed by atoms with Crippen LogP contribution in [0.2, 0.25) is 0 Å². The fraction of sp³-hybridized carbons (Fsp3) is 0.357. The molecule has 0 radical (unpaired) electrons. The van der Waals surface area contributed by atoms with Gasteiger partial charge in [-0.2, -0.15) is 0 Å². The average molecular weight is 561 g/mol. The Hall–Kier alpha value is -3.89. The van der Waals surface area contributed by atoms with Gasteiger partial charge in [0.1, 0.15) is 5.75 Å². The van der Waals surface area contributed by atoms with Crippen LogP contribution in [0, 0.1) is 10.1 Å². The van der Waals surface area contributed by atoms with E-state index in [1.54, 1.807) is 45.6 Å². The van der Waals surface area contributed by atoms with Gasteiger partial charge >= 0.3 is 0 Å². The molecule has 4 rings (SSSR count). The number of benzene rings is 3. The normalized spacial score (nSPS) is 14.5. The Morgan fingerprint density at radius 3 is 2.03 bits per heavy atom. The molecule has 1 heterocycles. The van der Waals surface area contributed by atoms with E-state index in [2.05, 4.69) is 4.90 Å². The fourth-order valence-electron chi connectivity index (χ4n) is 4.80. The molecule has 0 N–H and O–H groups in total. The molecule has 0 saturated carbocycles. The number of fused-ring (bicyclic) bond motifs is 1. The van der Waals surface area contributed by atoms with Crippen molar-refractivity contribution in [2.45, 2.75) is 18.9 Å². The van der Waals surface area contributed by atoms with Crippen LogP contribution in [-0.2, 0) is 12.8 Å². The van der Waals surface area contributed by atoms with Crippen molar-refractivity contribution in [2.75, 3.05) is 49.1 Å². The maximum atomic E-state index is 12.1. The van der Waals surface area contributed by atoms with E-state index < -0.39 is 4.92 Å². The summed E-state index contributed by atoms with van der Waals surface area (Å²) < 4.78 is 33.3. The lowest BCUT2D eigenvalue weighted by Gasteiger charge is -2.35. The van der Waals surface area contributed by atoms with Gasteiger partial charge in [0.25, 0.3) is 5.69 Å². The third-order valence-electron chi connectivity index (χ3n) is 6.83. The SMILES string of the molecule is COc1ccc(Oc2cc(CC3c4cc(OC)c(OC)cc4CCN3C)c([N+](=O)[O-])cc2OC)cc1OC.Cl. The molecule has 1 atom stereocenters. The highest BCUT2D eigenvalue weighted by Gasteiger charge is 2.30. The molecule has 0 fully saturated rings. The largest absolute Gasteiger partial charge is 0.493 e. The summed E-state index contributed by atoms with van der Waals surface area (Å²) in [5.41, 5.74) is 2.65. The monoisotopic (exact) mass is 560 g/mol. The highest BCUT2D eigenvalue weighted by molar-refractivity contribution is 5.85. The molecule has 0 aromatic heterocycles. The summed E-state index contributed by atoms with van der Waals surface area (Å²) in [5, 5.41) is 12.1. The molecule has 3 aromatic rings. The van der Waals surface area contributed by atoms with E-state index in [0.29, 0.717) is 46.5 Å². The van der Waals surface area contributed by atoms with Crippen molar-refractivity contribution in [1.29, 1.82) is 0 Å². The fourth-order valence-corrected chi connectivity index (χ4v) is 4.80. The van der Waals surface area contributed by atoms with E-state index in [1.165, 1.54) is 20.3 Å². The molecule has 0 bridgehead atoms. The molecule has 11 heteroatoms. The lowest BCUT2D eigenvalue weighted by atomic mass is 9.88. The summed E-state index contributed by atoms with van der Waals surface area (Å²) in [6, 6.07) is 12.0. The lowest BCUT2D eigenvalue weighted by molar-refractivity contribution is -0.385. The quantitative estimate of drug-likeness (QED) is 0.231. The first-order chi connectivity index (χ1) is 18.3. The predicted molar refractivity (Wildman–Crippen MR) is 149 cm³/mol. The molecule has 0 spiro atoms. The average Bonchev–Trinajstić information content (AvgIpc) is 2.93. The number of rotatable bonds is 10. The molecule has 1 aliphatic rings. The lowest BCUT2D eigenvalue weighted by Crippen LogP contribution is -2.33. The summed E-state index contributed by atoms with van der Waals surface area (Å²) >= 11 is 0. The van der Waals surface area contributed by atoms with E-state index >= 15 is 0 Å². The first kappa shape index (κ1) is 29.7. The Bertz CT molecular complexity index is 1330. The minimum absolute atomic E-state index is 0. The van der Waals surface area contributed by atoms with Crippen LogP contribution < -0.4 is 28.4 Å². The maximum Gasteiger partial charge on any atom is 0.276 e. The highest BCUT2D eigenvalue weighted by atomic mass is 35.5. The van der Waals surface area contributed by atoms with E-state index in [4.69, 9.17) is 28.4 Å². The molecule has 0 aliphatic carbocycles. The van der Waals surface area contributed by atoms with Crippen molar-refractivity contribution >= 4 is 18.1 Å². The summed E-state index contributed by atoms with van der Waals surface area (Å²) in [7, 11) is 9.76. The van der Waals surface area contributed by atoms with Crippen molar-refractivity contribution in [3.8, 4) is 40.2 Å². The summed E-state index contributed by atoms with van der Waals surface area (Å²) in [6.45, 7) is 0.798. The Balaban J connectivity index is 0.00000420. The van der Waals surface area contributed by atoms with Crippen LogP contribution in [0.25, 0.3) is 0 Å². The Labute approximate surface area is 233 Å². The number of methoxy groups -OCH3 is 5. The van der Waals surface area contributed by atoms with E-state index in [9.17, 15) is 10.1 Å². The number of nitrogens with zero attached hydrogens (tertiary/aromatic N) is 2. The van der Waals surface area contributed by atoms with Gasteiger partial charge in [-0.1, -0.05) is 0 Å². The van der Waals surface area contributed by atoms with Gasteiger partial charge in [-0.05, 0) is 61.3 Å². The zero-order chi connectivity index (χ0) is 27.4. The molecule has 0 amide bonds. The highest BCUT2D eigenvalue weighted by Crippen LogP contribution is 2.43. The minimum Gasteiger partial charge on any atom is -0.493 e. The van der Waals surface area contributed by atoms with Gasteiger partial charge in [-0.25, -0.2) is 0 Å². The predicted octanol–water partition coefficient (Wildman–Crippen LogP) is 5.62. The van der Waals surface area contributed by atoms with Gasteiger partial charge in [0.2, 0.25) is 0 Å². The minimum atomic E-state index is -0.392. The van der Waals surface area contributed by atoms with E-state index in [1.807, 2.05) is 19.2 Å². The van der Waals surface area contributed by atoms with Crippen LogP contribution in [-0.4, -0.2) is 59.0 Å². The molecular formula is C28H33ClN2O8. The number of hydrogen-bond acceptors (Lipinski definition) is 9. The number of hydrogen-bond donors (Lipinski definition) is 0. The number of nitro benzene ring substituents is 1. The topological polar surface area (TPSA) is 102 Å². The van der Waals surface area contributed by atoms with Gasteiger partial charge in [-0.15, -0.1) is 12.4 Å². The molecule has 39 heavy (non-hydrogen) atoms. The van der Waals surface area contributed by atoms with Gasteiger partial charge in [-0.3, -0.25) is 15.0 Å². The zero-order valence-corrected chi connectivity index (χ0v) is 23.6. The van der Waals surface area contributed by atoms with Gasteiger partial charge < -0.3 is 28.4 Å². The van der Waals surface area contributed by atoms with Crippen molar-refractivity contribution in [2.24, 2.45) is 0 Å². The van der Waals surface area contributed by atoms with Crippen LogP contribution in [0.3, 0.4) is 0 Å². The van der Waals surface area contributed by atoms with Crippen molar-refractivity contribution in [1.82, 2.24) is 4.90 Å². The molecule has 210 valence electrons. The third kappa shape index (κ3) is 6.07. The Morgan fingerprint density at radius 1 is 0.821 bits per heavy atom. The van der Waals surface area contributed by atoms with E-state index in [-0.39, 0.29) is 29.9 Å². The van der Waals surface area contributed by atoms with Gasteiger partial charge in [0, 0.05) is 24.2 Å². The van der Waals surface area contributed by atoms with Crippen LogP contribution in [0.5, 0.6) is 40.2 Å². The van der Waals surface area contributed by atoms with E-state index in [0.717, 1.165) is 24.1 Å². The number of halogens is 1. The number of ether oxygens (including phenoxy) is 6. The van der Waals surface area contributed by atoms with Crippen LogP contribution in [0.1, 0.15) is 22.7 Å². The molecule has 0 saturated heterocycles. The van der Waals surface area contributed by atoms with Crippen molar-refractivity contribution in [3.63, 3.8) is 0 Å². The molecule has 10 nitrogen and oxygen atoms in total. The Morgan fingerprint density at radius 2 is 1.41 bits per heavy atom. The van der Waals surface area contributed by atoms with Crippen LogP contribution in [0.4, 0.5) is 5.69 Å². The molecule has 1 unspecified atom stereocenters. The van der Waals surface area contributed by atoms with Crippen LogP contribution in [0.15, 0.2) is 42.5 Å². The standard InChI is InChI=1S/C28H32N2O8.ClH/c1-29-10-9-17-12-24(34-3)26(36-5)15-20(17)22(29)11-18-13-28(27(37-6)16-21(18)30(31)32)38-19-7-8-23(33-2)25(14-19)35-4;/h7-8,12-16,22H,9-11H2,1-6H3;1H. The van der Waals surface area contributed by atoms with Crippen molar-refractivity contribution < 1.29 is 33.3 Å². The number of nitro groups is 1. The second-order valence-electron chi connectivity index (χ2n) is 8.86. The summed E-state index contributed by atoms with van der Waals surface area (Å²) in [4.78, 5) is 13.9. The zero-order valence-electron chi connectivity index (χ0n) is 22.8. The molecule has 3 aromatic carbocycles. The second kappa shape index (κ2) is 12.8. The van der Waals surface area contributed by atoms with Crippen LogP contribution >= 0.6 is 12.4 Å². The summed E-state index contributed by atoms with van der Waals surface area (Å²) in [5.74, 6) is 3.41. The van der Waals surface area contributed by atoms with Gasteiger partial charge in [0.05, 0.1) is 46.5 Å². The first-order valence-electron chi connectivity index (χ1n) is 12.0. The van der Waals surface area contributed by atoms with Crippen molar-refractivity contribution in [3.05, 3.63) is 69.3 Å². The Kier molecular flexibility index (Phi) is 9.71.